The number of hydrogen-bond acceptors (Lipinski definition) is 4. The van der Waals surface area contributed by atoms with Crippen molar-refractivity contribution < 1.29 is 19.0 Å². The van der Waals surface area contributed by atoms with E-state index in [1.165, 1.54) is 13.2 Å². The second-order valence-electron chi connectivity index (χ2n) is 2.98. The van der Waals surface area contributed by atoms with Gasteiger partial charge in [-0.1, -0.05) is 40.8 Å². The fourth-order valence-electron chi connectivity index (χ4n) is 0.932. The minimum absolute atomic E-state index is 0.0189. The first-order valence-electron chi connectivity index (χ1n) is 5.03. The summed E-state index contributed by atoms with van der Waals surface area (Å²) in [4.78, 5) is 10.8. The molecule has 0 aromatic heterocycles. The third-order valence-electron chi connectivity index (χ3n) is 1.74. The zero-order valence-corrected chi connectivity index (χ0v) is 12.1. The largest absolute Gasteiger partial charge is 0.466 e. The molecule has 0 fully saturated rings. The van der Waals surface area contributed by atoms with Crippen LogP contribution in [0.5, 0.6) is 0 Å². The fraction of sp³-hybridized carbons (Fsp3) is 0.417. The van der Waals surface area contributed by atoms with Gasteiger partial charge >= 0.3 is 5.97 Å². The minimum atomic E-state index is -0.367. The molecule has 0 saturated carbocycles. The van der Waals surface area contributed by atoms with E-state index in [9.17, 15) is 4.79 Å². The van der Waals surface area contributed by atoms with E-state index in [-0.39, 0.29) is 18.9 Å². The second kappa shape index (κ2) is 11.8. The fourth-order valence-corrected chi connectivity index (χ4v) is 1.40. The van der Waals surface area contributed by atoms with Gasteiger partial charge in [0.1, 0.15) is 6.79 Å². The molecule has 0 aliphatic carbocycles. The molecular weight excluding hydrogens is 335 g/mol. The highest BCUT2D eigenvalue weighted by Gasteiger charge is 2.01. The summed E-state index contributed by atoms with van der Waals surface area (Å²) in [7, 11) is 2.93. The van der Waals surface area contributed by atoms with Crippen LogP contribution in [-0.2, 0) is 19.0 Å². The molecule has 1 atom stereocenters. The van der Waals surface area contributed by atoms with Gasteiger partial charge in [0, 0.05) is 13.2 Å². The van der Waals surface area contributed by atoms with E-state index in [1.54, 1.807) is 19.3 Å². The van der Waals surface area contributed by atoms with Crippen LogP contribution in [0.3, 0.4) is 0 Å². The Morgan fingerprint density at radius 3 is 2.71 bits per heavy atom. The molecule has 0 saturated heterocycles. The van der Waals surface area contributed by atoms with Crippen LogP contribution in [0.4, 0.5) is 0 Å². The zero-order chi connectivity index (χ0) is 12.9. The highest BCUT2D eigenvalue weighted by molar-refractivity contribution is 14.1. The first-order chi connectivity index (χ1) is 8.24. The van der Waals surface area contributed by atoms with Gasteiger partial charge < -0.3 is 14.2 Å². The van der Waals surface area contributed by atoms with E-state index in [2.05, 4.69) is 27.3 Å². The predicted octanol–water partition coefficient (Wildman–Crippen LogP) is 2.60. The van der Waals surface area contributed by atoms with Gasteiger partial charge in [-0.2, -0.15) is 0 Å². The van der Waals surface area contributed by atoms with Crippen LogP contribution in [0.25, 0.3) is 0 Å². The zero-order valence-electron chi connectivity index (χ0n) is 9.97. The highest BCUT2D eigenvalue weighted by atomic mass is 127. The molecule has 0 N–H and O–H groups in total. The first-order valence-corrected chi connectivity index (χ1v) is 6.27. The monoisotopic (exact) mass is 352 g/mol. The van der Waals surface area contributed by atoms with Crippen molar-refractivity contribution in [2.75, 3.05) is 21.0 Å². The number of rotatable bonds is 8. The molecular formula is C12H17IO4. The lowest BCUT2D eigenvalue weighted by molar-refractivity contribution is -0.134. The SMILES string of the molecule is COCO[C@H](/C=C/I)C/C=C/C=C\C(=O)OC. The van der Waals surface area contributed by atoms with Crippen molar-refractivity contribution in [1.82, 2.24) is 0 Å². The van der Waals surface area contributed by atoms with Crippen molar-refractivity contribution in [3.05, 3.63) is 34.5 Å². The van der Waals surface area contributed by atoms with E-state index < -0.39 is 0 Å². The number of carbonyl (C=O) groups is 1. The Labute approximate surface area is 115 Å². The Bertz CT molecular complexity index is 284. The third kappa shape index (κ3) is 10.2. The summed E-state index contributed by atoms with van der Waals surface area (Å²) in [6.45, 7) is 0.261. The summed E-state index contributed by atoms with van der Waals surface area (Å²) in [5.74, 6) is -0.367. The van der Waals surface area contributed by atoms with E-state index in [0.717, 1.165) is 0 Å². The van der Waals surface area contributed by atoms with Gasteiger partial charge in [0.05, 0.1) is 13.2 Å². The average Bonchev–Trinajstić information content (AvgIpc) is 2.34. The molecule has 0 radical (unpaired) electrons. The summed E-state index contributed by atoms with van der Waals surface area (Å²) in [6, 6.07) is 0. The first kappa shape index (κ1) is 16.3. The standard InChI is InChI=1S/C12H17IO4/c1-15-10-17-11(8-9-13)6-4-3-5-7-12(14)16-2/h3-5,7-9,11H,6,10H2,1-2H3/b4-3+,7-5-,9-8+/t11-/m0/s1. The van der Waals surface area contributed by atoms with Gasteiger partial charge in [0.25, 0.3) is 0 Å². The second-order valence-corrected chi connectivity index (χ2v) is 3.70. The van der Waals surface area contributed by atoms with Crippen molar-refractivity contribution in [3.63, 3.8) is 0 Å². The van der Waals surface area contributed by atoms with Crippen LogP contribution in [-0.4, -0.2) is 33.1 Å². The van der Waals surface area contributed by atoms with Crippen LogP contribution in [0.2, 0.25) is 0 Å². The summed E-state index contributed by atoms with van der Waals surface area (Å²) < 4.78 is 16.6. The van der Waals surface area contributed by atoms with Crippen LogP contribution in [0, 0.1) is 0 Å². The Hall–Kier alpha value is -0.660. The summed E-state index contributed by atoms with van der Waals surface area (Å²) in [5, 5.41) is 0. The van der Waals surface area contributed by atoms with Crippen LogP contribution < -0.4 is 0 Å². The Balaban J connectivity index is 3.98. The number of hydrogen-bond donors (Lipinski definition) is 0. The smallest absolute Gasteiger partial charge is 0.330 e. The van der Waals surface area contributed by atoms with E-state index in [4.69, 9.17) is 9.47 Å². The van der Waals surface area contributed by atoms with Crippen molar-refractivity contribution >= 4 is 28.6 Å². The lowest BCUT2D eigenvalue weighted by Gasteiger charge is -2.10. The van der Waals surface area contributed by atoms with Gasteiger partial charge in [-0.3, -0.25) is 0 Å². The molecule has 0 heterocycles. The summed E-state index contributed by atoms with van der Waals surface area (Å²) >= 11 is 2.14. The third-order valence-corrected chi connectivity index (χ3v) is 2.15. The van der Waals surface area contributed by atoms with Crippen LogP contribution >= 0.6 is 22.6 Å². The van der Waals surface area contributed by atoms with Gasteiger partial charge in [-0.15, -0.1) is 0 Å². The number of ether oxygens (including phenoxy) is 3. The van der Waals surface area contributed by atoms with E-state index >= 15 is 0 Å². The van der Waals surface area contributed by atoms with Crippen LogP contribution in [0.15, 0.2) is 34.5 Å². The molecule has 0 amide bonds. The molecule has 0 aromatic carbocycles. The number of esters is 1. The Kier molecular flexibility index (Phi) is 11.4. The topological polar surface area (TPSA) is 44.8 Å². The molecule has 96 valence electrons. The number of carbonyl (C=O) groups excluding carboxylic acids is 1. The summed E-state index contributed by atoms with van der Waals surface area (Å²) in [5.41, 5.74) is 0. The predicted molar refractivity (Wildman–Crippen MR) is 74.8 cm³/mol. The lowest BCUT2D eigenvalue weighted by atomic mass is 10.2. The Morgan fingerprint density at radius 1 is 1.35 bits per heavy atom. The molecule has 0 aliphatic rings. The number of halogens is 1. The van der Waals surface area contributed by atoms with Crippen LogP contribution in [0.1, 0.15) is 6.42 Å². The Morgan fingerprint density at radius 2 is 2.12 bits per heavy atom. The molecule has 0 bridgehead atoms. The number of allylic oxidation sites excluding steroid dienone is 2. The maximum Gasteiger partial charge on any atom is 0.330 e. The minimum Gasteiger partial charge on any atom is -0.466 e. The van der Waals surface area contributed by atoms with E-state index in [0.29, 0.717) is 6.42 Å². The molecule has 0 aliphatic heterocycles. The van der Waals surface area contributed by atoms with Crippen molar-refractivity contribution in [2.45, 2.75) is 12.5 Å². The highest BCUT2D eigenvalue weighted by Crippen LogP contribution is 2.04. The van der Waals surface area contributed by atoms with Crippen molar-refractivity contribution in [2.24, 2.45) is 0 Å². The maximum absolute atomic E-state index is 10.8. The lowest BCUT2D eigenvalue weighted by Crippen LogP contribution is -2.10. The normalized spacial score (nSPS) is 13.8. The molecule has 0 unspecified atom stereocenters. The molecule has 0 spiro atoms. The van der Waals surface area contributed by atoms with Gasteiger partial charge in [0.2, 0.25) is 0 Å². The summed E-state index contributed by atoms with van der Waals surface area (Å²) in [6.07, 6.45) is 9.32. The van der Waals surface area contributed by atoms with Gasteiger partial charge in [-0.05, 0) is 16.6 Å². The van der Waals surface area contributed by atoms with Gasteiger partial charge in [0.15, 0.2) is 0 Å². The molecule has 5 heteroatoms. The average molecular weight is 352 g/mol. The van der Waals surface area contributed by atoms with Crippen molar-refractivity contribution in [1.29, 1.82) is 0 Å². The quantitative estimate of drug-likeness (QED) is 0.222. The molecule has 17 heavy (non-hydrogen) atoms. The molecule has 0 aromatic rings. The molecule has 0 rings (SSSR count). The maximum atomic E-state index is 10.8. The van der Waals surface area contributed by atoms with Crippen molar-refractivity contribution in [3.8, 4) is 0 Å². The number of methoxy groups -OCH3 is 2. The van der Waals surface area contributed by atoms with Gasteiger partial charge in [-0.25, -0.2) is 4.79 Å². The molecule has 4 nitrogen and oxygen atoms in total. The van der Waals surface area contributed by atoms with E-state index in [1.807, 2.05) is 16.2 Å².